The van der Waals surface area contributed by atoms with Gasteiger partial charge in [0.05, 0.1) is 0 Å². The Bertz CT molecular complexity index is 709. The predicted molar refractivity (Wildman–Crippen MR) is 98.9 cm³/mol. The molecule has 2 saturated heterocycles. The number of aryl methyl sites for hydroxylation is 1. The van der Waals surface area contributed by atoms with E-state index >= 15 is 0 Å². The first-order valence-electron chi connectivity index (χ1n) is 9.04. The van der Waals surface area contributed by atoms with Crippen LogP contribution in [0.5, 0.6) is 0 Å². The third kappa shape index (κ3) is 3.24. The maximum absolute atomic E-state index is 4.49. The van der Waals surface area contributed by atoms with Crippen LogP contribution in [0.1, 0.15) is 24.0 Å². The zero-order valence-corrected chi connectivity index (χ0v) is 14.8. The molecule has 2 aromatic rings. The van der Waals surface area contributed by atoms with Crippen LogP contribution >= 0.6 is 0 Å². The van der Waals surface area contributed by atoms with Gasteiger partial charge in [0.25, 0.3) is 0 Å². The molecule has 0 amide bonds. The van der Waals surface area contributed by atoms with Crippen LogP contribution in [0.4, 0.5) is 0 Å². The van der Waals surface area contributed by atoms with E-state index in [1.54, 1.807) is 0 Å². The van der Waals surface area contributed by atoms with Gasteiger partial charge >= 0.3 is 0 Å². The highest BCUT2D eigenvalue weighted by atomic mass is 15.2. The highest BCUT2D eigenvalue weighted by Gasteiger charge is 2.42. The van der Waals surface area contributed by atoms with Crippen molar-refractivity contribution in [3.8, 4) is 11.1 Å². The van der Waals surface area contributed by atoms with Crippen molar-refractivity contribution in [1.29, 1.82) is 0 Å². The van der Waals surface area contributed by atoms with Gasteiger partial charge < -0.3 is 4.90 Å². The van der Waals surface area contributed by atoms with Gasteiger partial charge in [0.1, 0.15) is 0 Å². The Balaban J connectivity index is 1.46. The third-order valence-electron chi connectivity index (χ3n) is 5.73. The van der Waals surface area contributed by atoms with Crippen molar-refractivity contribution < 1.29 is 0 Å². The van der Waals surface area contributed by atoms with E-state index in [9.17, 15) is 0 Å². The molecule has 4 rings (SSSR count). The number of nitrogens with zero attached hydrogens (tertiary/aromatic N) is 3. The van der Waals surface area contributed by atoms with Gasteiger partial charge in [-0.3, -0.25) is 9.88 Å². The Hall–Kier alpha value is -1.71. The Morgan fingerprint density at radius 3 is 2.54 bits per heavy atom. The molecule has 3 heteroatoms. The molecule has 126 valence electrons. The van der Waals surface area contributed by atoms with Crippen molar-refractivity contribution in [2.24, 2.45) is 5.41 Å². The number of pyridine rings is 1. The smallest absolute Gasteiger partial charge is 0.0346 e. The van der Waals surface area contributed by atoms with E-state index in [1.807, 2.05) is 12.4 Å². The minimum absolute atomic E-state index is 0.552. The van der Waals surface area contributed by atoms with Crippen LogP contribution in [0.2, 0.25) is 0 Å². The molecule has 0 N–H and O–H groups in total. The van der Waals surface area contributed by atoms with Crippen LogP contribution < -0.4 is 0 Å². The molecular formula is C21H27N3. The second kappa shape index (κ2) is 6.30. The number of hydrogen-bond acceptors (Lipinski definition) is 3. The average molecular weight is 321 g/mol. The highest BCUT2D eigenvalue weighted by Crippen LogP contribution is 2.39. The van der Waals surface area contributed by atoms with E-state index in [0.29, 0.717) is 5.41 Å². The molecule has 0 saturated carbocycles. The standard InChI is InChI=1S/C21H27N3/c1-17-3-5-19(6-4-17)20-11-18(12-22-13-20)14-24-10-8-21(16-24)7-9-23(2)15-21/h3-6,11-13H,7-10,14-16H2,1-2H3/t21-/m1/s1. The maximum Gasteiger partial charge on any atom is 0.0346 e. The molecule has 2 fully saturated rings. The SMILES string of the molecule is Cc1ccc(-c2cncc(CN3CC[C@@]4(CCN(C)C4)C3)c2)cc1. The van der Waals surface area contributed by atoms with Gasteiger partial charge in [0, 0.05) is 37.6 Å². The van der Waals surface area contributed by atoms with Gasteiger partial charge in [-0.15, -0.1) is 0 Å². The second-order valence-electron chi connectivity index (χ2n) is 7.90. The van der Waals surface area contributed by atoms with Crippen LogP contribution in [0.25, 0.3) is 11.1 Å². The maximum atomic E-state index is 4.49. The Labute approximate surface area is 145 Å². The number of hydrogen-bond donors (Lipinski definition) is 0. The molecule has 1 aromatic heterocycles. The van der Waals surface area contributed by atoms with E-state index in [1.165, 1.54) is 61.3 Å². The topological polar surface area (TPSA) is 19.4 Å². The minimum Gasteiger partial charge on any atom is -0.306 e. The van der Waals surface area contributed by atoms with Crippen molar-refractivity contribution >= 4 is 0 Å². The molecule has 0 aliphatic carbocycles. The van der Waals surface area contributed by atoms with E-state index < -0.39 is 0 Å². The van der Waals surface area contributed by atoms with Crippen molar-refractivity contribution in [3.05, 3.63) is 53.9 Å². The molecule has 3 heterocycles. The lowest BCUT2D eigenvalue weighted by atomic mass is 9.86. The summed E-state index contributed by atoms with van der Waals surface area (Å²) in [5.41, 5.74) is 5.66. The van der Waals surface area contributed by atoms with E-state index in [4.69, 9.17) is 0 Å². The average Bonchev–Trinajstić information content (AvgIpc) is 3.14. The van der Waals surface area contributed by atoms with E-state index in [0.717, 1.165) is 6.54 Å². The lowest BCUT2D eigenvalue weighted by molar-refractivity contribution is 0.250. The molecule has 0 radical (unpaired) electrons. The first-order valence-corrected chi connectivity index (χ1v) is 9.04. The summed E-state index contributed by atoms with van der Waals surface area (Å²) in [5.74, 6) is 0. The highest BCUT2D eigenvalue weighted by molar-refractivity contribution is 5.63. The Kier molecular flexibility index (Phi) is 4.15. The van der Waals surface area contributed by atoms with Crippen LogP contribution in [0.15, 0.2) is 42.7 Å². The molecule has 0 bridgehead atoms. The van der Waals surface area contributed by atoms with E-state index in [2.05, 4.69) is 59.1 Å². The fourth-order valence-electron chi connectivity index (χ4n) is 4.39. The number of benzene rings is 1. The zero-order valence-electron chi connectivity index (χ0n) is 14.8. The second-order valence-corrected chi connectivity index (χ2v) is 7.90. The summed E-state index contributed by atoms with van der Waals surface area (Å²) in [6.45, 7) is 8.15. The molecule has 24 heavy (non-hydrogen) atoms. The van der Waals surface area contributed by atoms with Crippen molar-refractivity contribution in [2.75, 3.05) is 33.2 Å². The molecule has 2 aliphatic rings. The molecule has 1 spiro atoms. The number of rotatable bonds is 3. The van der Waals surface area contributed by atoms with Gasteiger partial charge in [0.15, 0.2) is 0 Å². The fourth-order valence-corrected chi connectivity index (χ4v) is 4.39. The van der Waals surface area contributed by atoms with Gasteiger partial charge in [-0.2, -0.15) is 0 Å². The van der Waals surface area contributed by atoms with Crippen LogP contribution in [-0.2, 0) is 6.54 Å². The number of aromatic nitrogens is 1. The summed E-state index contributed by atoms with van der Waals surface area (Å²) in [5, 5.41) is 0. The van der Waals surface area contributed by atoms with Crippen LogP contribution in [-0.4, -0.2) is 48.0 Å². The Morgan fingerprint density at radius 1 is 1.00 bits per heavy atom. The lowest BCUT2D eigenvalue weighted by Gasteiger charge is -2.24. The summed E-state index contributed by atoms with van der Waals surface area (Å²) in [6, 6.07) is 11.0. The van der Waals surface area contributed by atoms with Crippen molar-refractivity contribution in [3.63, 3.8) is 0 Å². The summed E-state index contributed by atoms with van der Waals surface area (Å²) >= 11 is 0. The first-order chi connectivity index (χ1) is 11.6. The summed E-state index contributed by atoms with van der Waals surface area (Å²) in [7, 11) is 2.26. The van der Waals surface area contributed by atoms with Crippen LogP contribution in [0.3, 0.4) is 0 Å². The summed E-state index contributed by atoms with van der Waals surface area (Å²) in [6.07, 6.45) is 6.72. The van der Waals surface area contributed by atoms with E-state index in [-0.39, 0.29) is 0 Å². The molecule has 3 nitrogen and oxygen atoms in total. The zero-order chi connectivity index (χ0) is 16.6. The summed E-state index contributed by atoms with van der Waals surface area (Å²) in [4.78, 5) is 9.60. The van der Waals surface area contributed by atoms with Crippen molar-refractivity contribution in [1.82, 2.24) is 14.8 Å². The molecule has 0 unspecified atom stereocenters. The van der Waals surface area contributed by atoms with Gasteiger partial charge in [-0.1, -0.05) is 29.8 Å². The summed E-state index contributed by atoms with van der Waals surface area (Å²) < 4.78 is 0. The molecular weight excluding hydrogens is 294 g/mol. The lowest BCUT2D eigenvalue weighted by Crippen LogP contribution is -2.29. The third-order valence-corrected chi connectivity index (χ3v) is 5.73. The fraction of sp³-hybridized carbons (Fsp3) is 0.476. The van der Waals surface area contributed by atoms with Crippen molar-refractivity contribution in [2.45, 2.75) is 26.3 Å². The van der Waals surface area contributed by atoms with Gasteiger partial charge in [-0.25, -0.2) is 0 Å². The normalized spacial score (nSPS) is 24.9. The van der Waals surface area contributed by atoms with Crippen LogP contribution in [0, 0.1) is 12.3 Å². The quantitative estimate of drug-likeness (QED) is 0.861. The first kappa shape index (κ1) is 15.8. The predicted octanol–water partition coefficient (Wildman–Crippen LogP) is 3.58. The monoisotopic (exact) mass is 321 g/mol. The Morgan fingerprint density at radius 2 is 1.79 bits per heavy atom. The minimum atomic E-state index is 0.552. The largest absolute Gasteiger partial charge is 0.306 e. The molecule has 1 atom stereocenters. The number of likely N-dealkylation sites (tertiary alicyclic amines) is 2. The van der Waals surface area contributed by atoms with Gasteiger partial charge in [0.2, 0.25) is 0 Å². The van der Waals surface area contributed by atoms with Gasteiger partial charge in [-0.05, 0) is 62.5 Å². The molecule has 1 aromatic carbocycles. The molecule has 2 aliphatic heterocycles.